The second kappa shape index (κ2) is 7.04. The van der Waals surface area contributed by atoms with E-state index in [-0.39, 0.29) is 23.9 Å². The van der Waals surface area contributed by atoms with Gasteiger partial charge in [0.2, 0.25) is 10.0 Å². The van der Waals surface area contributed by atoms with Crippen molar-refractivity contribution in [2.24, 2.45) is 0 Å². The lowest BCUT2D eigenvalue weighted by Crippen LogP contribution is -2.37. The summed E-state index contributed by atoms with van der Waals surface area (Å²) in [4.78, 5) is 0.267. The van der Waals surface area contributed by atoms with Crippen LogP contribution in [0.4, 0.5) is 0 Å². The zero-order valence-corrected chi connectivity index (χ0v) is 13.4. The van der Waals surface area contributed by atoms with Crippen LogP contribution in [0.3, 0.4) is 0 Å². The Kier molecular flexibility index (Phi) is 5.98. The van der Waals surface area contributed by atoms with E-state index >= 15 is 0 Å². The number of nitrogens with zero attached hydrogens (tertiary/aromatic N) is 2. The largest absolute Gasteiger partial charge is 0.243 e. The van der Waals surface area contributed by atoms with Crippen molar-refractivity contribution >= 4 is 26.0 Å². The van der Waals surface area contributed by atoms with E-state index in [1.807, 2.05) is 19.9 Å². The molecule has 0 fully saturated rings. The first-order valence-electron chi connectivity index (χ1n) is 5.97. The highest BCUT2D eigenvalue weighted by Crippen LogP contribution is 2.19. The van der Waals surface area contributed by atoms with Crippen molar-refractivity contribution in [2.75, 3.05) is 6.54 Å². The lowest BCUT2D eigenvalue weighted by molar-refractivity contribution is 0.360. The van der Waals surface area contributed by atoms with Crippen molar-refractivity contribution in [3.8, 4) is 6.07 Å². The molecule has 0 N–H and O–H groups in total. The van der Waals surface area contributed by atoms with Gasteiger partial charge in [-0.25, -0.2) is 8.42 Å². The van der Waals surface area contributed by atoms with E-state index in [0.717, 1.165) is 5.56 Å². The van der Waals surface area contributed by atoms with Crippen molar-refractivity contribution in [1.82, 2.24) is 4.31 Å². The van der Waals surface area contributed by atoms with Gasteiger partial charge in [0, 0.05) is 24.3 Å². The third-order valence-corrected chi connectivity index (χ3v) is 5.44. The fourth-order valence-electron chi connectivity index (χ4n) is 1.70. The van der Waals surface area contributed by atoms with Crippen LogP contribution in [0.25, 0.3) is 0 Å². The molecule has 1 aromatic carbocycles. The van der Waals surface area contributed by atoms with Gasteiger partial charge in [-0.1, -0.05) is 28.1 Å². The first-order valence-corrected chi connectivity index (χ1v) is 8.53. The molecule has 0 aliphatic carbocycles. The molecule has 0 heterocycles. The van der Waals surface area contributed by atoms with Gasteiger partial charge >= 0.3 is 0 Å². The summed E-state index contributed by atoms with van der Waals surface area (Å²) in [5, 5.41) is 9.31. The summed E-state index contributed by atoms with van der Waals surface area (Å²) in [5.74, 6) is 0. The lowest BCUT2D eigenvalue weighted by atomic mass is 10.2. The van der Waals surface area contributed by atoms with Gasteiger partial charge in [-0.3, -0.25) is 0 Å². The summed E-state index contributed by atoms with van der Waals surface area (Å²) < 4.78 is 26.3. The third-order valence-electron chi connectivity index (χ3n) is 2.70. The first-order chi connectivity index (χ1) is 8.93. The second-order valence-corrected chi connectivity index (χ2v) is 6.85. The Morgan fingerprint density at radius 2 is 1.89 bits per heavy atom. The summed E-state index contributed by atoms with van der Waals surface area (Å²) in [6.45, 7) is 3.83. The molecule has 0 aromatic heterocycles. The number of halogens is 1. The average molecular weight is 345 g/mol. The minimum atomic E-state index is -3.53. The smallest absolute Gasteiger partial charge is 0.207 e. The van der Waals surface area contributed by atoms with Gasteiger partial charge < -0.3 is 0 Å². The molecule has 0 radical (unpaired) electrons. The van der Waals surface area contributed by atoms with E-state index in [4.69, 9.17) is 5.26 Å². The van der Waals surface area contributed by atoms with Crippen LogP contribution in [-0.2, 0) is 15.4 Å². The average Bonchev–Trinajstić information content (AvgIpc) is 2.38. The molecule has 0 unspecified atom stereocenters. The van der Waals surface area contributed by atoms with Gasteiger partial charge in [0.05, 0.1) is 11.0 Å². The zero-order valence-electron chi connectivity index (χ0n) is 11.0. The number of hydrogen-bond acceptors (Lipinski definition) is 3. The zero-order chi connectivity index (χ0) is 14.5. The SMILES string of the molecule is CC(C)N(CCC#N)S(=O)(=O)c1ccc(CBr)cc1. The minimum absolute atomic E-state index is 0.172. The molecule has 0 amide bonds. The summed E-state index contributed by atoms with van der Waals surface area (Å²) in [6.07, 6.45) is 0.191. The van der Waals surface area contributed by atoms with Crippen LogP contribution < -0.4 is 0 Å². The molecule has 0 spiro atoms. The van der Waals surface area contributed by atoms with Crippen LogP contribution in [0.2, 0.25) is 0 Å². The quantitative estimate of drug-likeness (QED) is 0.745. The molecular weight excluding hydrogens is 328 g/mol. The predicted octanol–water partition coefficient (Wildman–Crippen LogP) is 2.89. The maximum Gasteiger partial charge on any atom is 0.243 e. The highest BCUT2D eigenvalue weighted by atomic mass is 79.9. The molecule has 0 bridgehead atoms. The standard InChI is InChI=1S/C13H17BrN2O2S/c1-11(2)16(9-3-8-15)19(17,18)13-6-4-12(10-14)5-7-13/h4-7,11H,3,9-10H2,1-2H3. The molecule has 0 atom stereocenters. The maximum atomic E-state index is 12.5. The Bertz CT molecular complexity index is 547. The summed E-state index contributed by atoms with van der Waals surface area (Å²) in [7, 11) is -3.53. The number of rotatable bonds is 6. The third kappa shape index (κ3) is 4.03. The first kappa shape index (κ1) is 16.2. The number of benzene rings is 1. The van der Waals surface area contributed by atoms with E-state index in [1.165, 1.54) is 4.31 Å². The summed E-state index contributed by atoms with van der Waals surface area (Å²) in [5.41, 5.74) is 1.02. The Hall–Kier alpha value is -0.900. The molecular formula is C13H17BrN2O2S. The summed E-state index contributed by atoms with van der Waals surface area (Å²) in [6, 6.07) is 8.58. The van der Waals surface area contributed by atoms with Crippen LogP contribution in [0, 0.1) is 11.3 Å². The van der Waals surface area contributed by atoms with Crippen molar-refractivity contribution in [1.29, 1.82) is 5.26 Å². The Labute approximate surface area is 123 Å². The monoisotopic (exact) mass is 344 g/mol. The van der Waals surface area contributed by atoms with Crippen LogP contribution in [0.5, 0.6) is 0 Å². The van der Waals surface area contributed by atoms with Crippen LogP contribution in [0.1, 0.15) is 25.8 Å². The molecule has 0 saturated heterocycles. The molecule has 104 valence electrons. The molecule has 0 aliphatic rings. The van der Waals surface area contributed by atoms with E-state index < -0.39 is 10.0 Å². The summed E-state index contributed by atoms with van der Waals surface area (Å²) >= 11 is 3.32. The van der Waals surface area contributed by atoms with E-state index in [2.05, 4.69) is 15.9 Å². The predicted molar refractivity (Wildman–Crippen MR) is 78.3 cm³/mol. The van der Waals surface area contributed by atoms with Crippen molar-refractivity contribution in [2.45, 2.75) is 36.5 Å². The maximum absolute atomic E-state index is 12.5. The van der Waals surface area contributed by atoms with E-state index in [1.54, 1.807) is 24.3 Å². The fraction of sp³-hybridized carbons (Fsp3) is 0.462. The van der Waals surface area contributed by atoms with Crippen molar-refractivity contribution in [3.05, 3.63) is 29.8 Å². The number of hydrogen-bond donors (Lipinski definition) is 0. The minimum Gasteiger partial charge on any atom is -0.207 e. The molecule has 6 heteroatoms. The number of sulfonamides is 1. The topological polar surface area (TPSA) is 61.2 Å². The van der Waals surface area contributed by atoms with E-state index in [9.17, 15) is 8.42 Å². The van der Waals surface area contributed by atoms with Crippen LogP contribution in [-0.4, -0.2) is 25.3 Å². The molecule has 4 nitrogen and oxygen atoms in total. The van der Waals surface area contributed by atoms with Crippen molar-refractivity contribution < 1.29 is 8.42 Å². The highest BCUT2D eigenvalue weighted by Gasteiger charge is 2.26. The molecule has 1 rings (SSSR count). The van der Waals surface area contributed by atoms with Gasteiger partial charge in [-0.05, 0) is 31.5 Å². The van der Waals surface area contributed by atoms with Gasteiger partial charge in [-0.2, -0.15) is 9.57 Å². The Balaban J connectivity index is 3.08. The van der Waals surface area contributed by atoms with Gasteiger partial charge in [-0.15, -0.1) is 0 Å². The molecule has 0 saturated carbocycles. The molecule has 19 heavy (non-hydrogen) atoms. The van der Waals surface area contributed by atoms with E-state index in [0.29, 0.717) is 5.33 Å². The van der Waals surface area contributed by atoms with Gasteiger partial charge in [0.15, 0.2) is 0 Å². The van der Waals surface area contributed by atoms with Gasteiger partial charge in [0.25, 0.3) is 0 Å². The van der Waals surface area contributed by atoms with Crippen LogP contribution >= 0.6 is 15.9 Å². The van der Waals surface area contributed by atoms with Crippen LogP contribution in [0.15, 0.2) is 29.2 Å². The Morgan fingerprint density at radius 3 is 2.32 bits per heavy atom. The highest BCUT2D eigenvalue weighted by molar-refractivity contribution is 9.08. The number of alkyl halides is 1. The number of nitriles is 1. The Morgan fingerprint density at radius 1 is 1.32 bits per heavy atom. The molecule has 0 aliphatic heterocycles. The fourth-order valence-corrected chi connectivity index (χ4v) is 3.71. The lowest BCUT2D eigenvalue weighted by Gasteiger charge is -2.25. The second-order valence-electron chi connectivity index (χ2n) is 4.40. The normalized spacial score (nSPS) is 11.8. The van der Waals surface area contributed by atoms with Crippen molar-refractivity contribution in [3.63, 3.8) is 0 Å². The molecule has 1 aromatic rings. The van der Waals surface area contributed by atoms with Gasteiger partial charge in [0.1, 0.15) is 0 Å².